The maximum Gasteiger partial charge on any atom is 0.127 e. The molecule has 58 valence electrons. The lowest BCUT2D eigenvalue weighted by Crippen LogP contribution is -1.86. The Morgan fingerprint density at radius 3 is 2.64 bits per heavy atom. The van der Waals surface area contributed by atoms with Crippen LogP contribution in [0.15, 0.2) is 18.2 Å². The first-order chi connectivity index (χ1) is 5.27. The maximum atomic E-state index is 13.1. The van der Waals surface area contributed by atoms with Gasteiger partial charge in [0.1, 0.15) is 5.82 Å². The molecule has 1 saturated carbocycles. The summed E-state index contributed by atoms with van der Waals surface area (Å²) in [6.07, 6.45) is 2.33. The predicted molar refractivity (Wildman–Crippen MR) is 51.1 cm³/mol. The Labute approximate surface area is 78.9 Å². The van der Waals surface area contributed by atoms with Gasteiger partial charge in [0.05, 0.1) is 0 Å². The van der Waals surface area contributed by atoms with E-state index in [0.717, 1.165) is 22.0 Å². The molecule has 1 fully saturated rings. The molecule has 2 rings (SSSR count). The van der Waals surface area contributed by atoms with Crippen LogP contribution in [0.25, 0.3) is 0 Å². The summed E-state index contributed by atoms with van der Waals surface area (Å²) in [5, 5.41) is 0. The summed E-state index contributed by atoms with van der Waals surface area (Å²) in [6.45, 7) is 0. The number of rotatable bonds is 1. The quantitative estimate of drug-likeness (QED) is 0.681. The van der Waals surface area contributed by atoms with Crippen molar-refractivity contribution < 1.29 is 4.39 Å². The Morgan fingerprint density at radius 2 is 2.09 bits per heavy atom. The van der Waals surface area contributed by atoms with Crippen LogP contribution in [-0.2, 0) is 0 Å². The van der Waals surface area contributed by atoms with E-state index in [1.807, 2.05) is 12.1 Å². The molecule has 1 aromatic carbocycles. The highest BCUT2D eigenvalue weighted by molar-refractivity contribution is 14.1. The molecule has 0 radical (unpaired) electrons. The smallest absolute Gasteiger partial charge is 0.127 e. The Bertz CT molecular complexity index is 279. The van der Waals surface area contributed by atoms with Gasteiger partial charge >= 0.3 is 0 Å². The van der Waals surface area contributed by atoms with Gasteiger partial charge < -0.3 is 0 Å². The number of halogens is 2. The van der Waals surface area contributed by atoms with Crippen LogP contribution in [0.5, 0.6) is 0 Å². The first-order valence-electron chi connectivity index (χ1n) is 3.72. The summed E-state index contributed by atoms with van der Waals surface area (Å²) in [6, 6.07) is 5.49. The zero-order chi connectivity index (χ0) is 7.84. The van der Waals surface area contributed by atoms with Crippen LogP contribution in [0, 0.1) is 9.39 Å². The van der Waals surface area contributed by atoms with Crippen molar-refractivity contribution in [2.45, 2.75) is 18.8 Å². The summed E-state index contributed by atoms with van der Waals surface area (Å²) in [4.78, 5) is 0. The lowest BCUT2D eigenvalue weighted by Gasteiger charge is -1.99. The second-order valence-electron chi connectivity index (χ2n) is 2.94. The second kappa shape index (κ2) is 2.73. The van der Waals surface area contributed by atoms with Crippen LogP contribution < -0.4 is 0 Å². The van der Waals surface area contributed by atoms with E-state index < -0.39 is 0 Å². The molecule has 2 heteroatoms. The monoisotopic (exact) mass is 262 g/mol. The molecular formula is C9H8FI. The maximum absolute atomic E-state index is 13.1. The standard InChI is InChI=1S/C9H8FI/c10-9-5-7(11)3-4-8(9)6-1-2-6/h3-6H,1-2H2. The van der Waals surface area contributed by atoms with Crippen molar-refractivity contribution >= 4 is 22.6 Å². The van der Waals surface area contributed by atoms with Crippen LogP contribution in [0.4, 0.5) is 4.39 Å². The Kier molecular flexibility index (Phi) is 1.87. The SMILES string of the molecule is Fc1cc(I)ccc1C1CC1. The molecule has 0 saturated heterocycles. The third-order valence-electron chi connectivity index (χ3n) is 1.98. The average Bonchev–Trinajstić information content (AvgIpc) is 2.70. The summed E-state index contributed by atoms with van der Waals surface area (Å²) in [7, 11) is 0. The molecular weight excluding hydrogens is 254 g/mol. The van der Waals surface area contributed by atoms with Crippen molar-refractivity contribution in [1.82, 2.24) is 0 Å². The topological polar surface area (TPSA) is 0 Å². The van der Waals surface area contributed by atoms with Crippen molar-refractivity contribution in [3.05, 3.63) is 33.1 Å². The van der Waals surface area contributed by atoms with Crippen molar-refractivity contribution in [3.63, 3.8) is 0 Å². The molecule has 0 N–H and O–H groups in total. The Balaban J connectivity index is 2.39. The van der Waals surface area contributed by atoms with E-state index in [1.165, 1.54) is 0 Å². The van der Waals surface area contributed by atoms with E-state index in [9.17, 15) is 4.39 Å². The van der Waals surface area contributed by atoms with Gasteiger partial charge in [0, 0.05) is 3.57 Å². The van der Waals surface area contributed by atoms with Gasteiger partial charge in [0.2, 0.25) is 0 Å². The number of hydrogen-bond acceptors (Lipinski definition) is 0. The van der Waals surface area contributed by atoms with Crippen molar-refractivity contribution in [2.24, 2.45) is 0 Å². The highest BCUT2D eigenvalue weighted by Crippen LogP contribution is 2.41. The summed E-state index contributed by atoms with van der Waals surface area (Å²) >= 11 is 2.13. The van der Waals surface area contributed by atoms with Crippen LogP contribution in [0.1, 0.15) is 24.3 Å². The summed E-state index contributed by atoms with van der Waals surface area (Å²) < 4.78 is 14.1. The fourth-order valence-electron chi connectivity index (χ4n) is 1.23. The summed E-state index contributed by atoms with van der Waals surface area (Å²) in [5.41, 5.74) is 0.908. The van der Waals surface area contributed by atoms with Gasteiger partial charge in [-0.1, -0.05) is 6.07 Å². The molecule has 1 aromatic rings. The first-order valence-corrected chi connectivity index (χ1v) is 4.80. The first kappa shape index (κ1) is 7.53. The van der Waals surface area contributed by atoms with E-state index in [0.29, 0.717) is 5.92 Å². The minimum atomic E-state index is -0.0283. The molecule has 0 aromatic heterocycles. The highest BCUT2D eigenvalue weighted by atomic mass is 127. The zero-order valence-electron chi connectivity index (χ0n) is 5.98. The fourth-order valence-corrected chi connectivity index (χ4v) is 1.68. The van der Waals surface area contributed by atoms with Gasteiger partial charge in [-0.25, -0.2) is 4.39 Å². The predicted octanol–water partition coefficient (Wildman–Crippen LogP) is 3.31. The van der Waals surface area contributed by atoms with Crippen LogP contribution >= 0.6 is 22.6 Å². The van der Waals surface area contributed by atoms with Crippen LogP contribution in [-0.4, -0.2) is 0 Å². The van der Waals surface area contributed by atoms with E-state index in [-0.39, 0.29) is 5.82 Å². The largest absolute Gasteiger partial charge is 0.207 e. The van der Waals surface area contributed by atoms with E-state index in [4.69, 9.17) is 0 Å². The van der Waals surface area contributed by atoms with Crippen molar-refractivity contribution in [2.75, 3.05) is 0 Å². The zero-order valence-corrected chi connectivity index (χ0v) is 8.14. The average molecular weight is 262 g/mol. The molecule has 0 heterocycles. The lowest BCUT2D eigenvalue weighted by molar-refractivity contribution is 0.610. The minimum Gasteiger partial charge on any atom is -0.207 e. The van der Waals surface area contributed by atoms with E-state index in [2.05, 4.69) is 22.6 Å². The molecule has 0 amide bonds. The minimum absolute atomic E-state index is 0.0283. The van der Waals surface area contributed by atoms with Gasteiger partial charge in [-0.2, -0.15) is 0 Å². The highest BCUT2D eigenvalue weighted by Gasteiger charge is 2.25. The molecule has 0 bridgehead atoms. The molecule has 1 aliphatic rings. The van der Waals surface area contributed by atoms with Crippen molar-refractivity contribution in [3.8, 4) is 0 Å². The summed E-state index contributed by atoms with van der Waals surface area (Å²) in [5.74, 6) is 0.492. The van der Waals surface area contributed by atoms with Crippen LogP contribution in [0.2, 0.25) is 0 Å². The van der Waals surface area contributed by atoms with Gasteiger partial charge in [-0.15, -0.1) is 0 Å². The molecule has 0 atom stereocenters. The van der Waals surface area contributed by atoms with Gasteiger partial charge in [0.15, 0.2) is 0 Å². The number of benzene rings is 1. The molecule has 0 nitrogen and oxygen atoms in total. The normalized spacial score (nSPS) is 16.9. The third kappa shape index (κ3) is 1.55. The molecule has 0 spiro atoms. The third-order valence-corrected chi connectivity index (χ3v) is 2.65. The van der Waals surface area contributed by atoms with Crippen molar-refractivity contribution in [1.29, 1.82) is 0 Å². The molecule has 0 unspecified atom stereocenters. The molecule has 11 heavy (non-hydrogen) atoms. The fraction of sp³-hybridized carbons (Fsp3) is 0.333. The lowest BCUT2D eigenvalue weighted by atomic mass is 10.1. The Morgan fingerprint density at radius 1 is 1.36 bits per heavy atom. The van der Waals surface area contributed by atoms with Crippen LogP contribution in [0.3, 0.4) is 0 Å². The molecule has 0 aliphatic heterocycles. The van der Waals surface area contributed by atoms with E-state index >= 15 is 0 Å². The number of hydrogen-bond donors (Lipinski definition) is 0. The molecule has 1 aliphatic carbocycles. The van der Waals surface area contributed by atoms with Gasteiger partial charge in [-0.05, 0) is 59.0 Å². The Hall–Kier alpha value is -0.120. The van der Waals surface area contributed by atoms with Gasteiger partial charge in [-0.3, -0.25) is 0 Å². The van der Waals surface area contributed by atoms with E-state index in [1.54, 1.807) is 6.07 Å². The second-order valence-corrected chi connectivity index (χ2v) is 4.19. The van der Waals surface area contributed by atoms with Gasteiger partial charge in [0.25, 0.3) is 0 Å².